The Bertz CT molecular complexity index is 848. The van der Waals surface area contributed by atoms with Gasteiger partial charge in [-0.05, 0) is 49.4 Å². The first-order valence-corrected chi connectivity index (χ1v) is 11.1. The van der Waals surface area contributed by atoms with E-state index >= 15 is 0 Å². The number of rotatable bonds is 9. The fraction of sp³-hybridized carbons (Fsp3) is 0.381. The van der Waals surface area contributed by atoms with Crippen LogP contribution in [-0.2, 0) is 30.5 Å². The Balaban J connectivity index is 2.07. The molecule has 1 saturated heterocycles. The molecule has 162 valence electrons. The van der Waals surface area contributed by atoms with E-state index in [4.69, 9.17) is 14.2 Å². The molecule has 1 aliphatic rings. The van der Waals surface area contributed by atoms with Gasteiger partial charge in [-0.15, -0.1) is 11.8 Å². The largest absolute Gasteiger partial charge is 0.497 e. The third kappa shape index (κ3) is 5.89. The van der Waals surface area contributed by atoms with Crippen molar-refractivity contribution in [3.63, 3.8) is 0 Å². The van der Waals surface area contributed by atoms with Crippen LogP contribution in [0.1, 0.15) is 26.3 Å². The summed E-state index contributed by atoms with van der Waals surface area (Å²) in [5.74, 6) is -0.580. The Morgan fingerprint density at radius 2 is 1.87 bits per heavy atom. The standard InChI is InChI=1S/C21H24BrNO6S/c1-5-28-16(24)10-11-30-20-17(22)19(25)23(20)18(13(2)3)21(26)29-12-14-6-8-15(27-4)9-7-14/h6-11,17,20H,5,12H2,1-4H3/b11-10+. The first kappa shape index (κ1) is 24.0. The highest BCUT2D eigenvalue weighted by Crippen LogP contribution is 2.39. The second-order valence-corrected chi connectivity index (χ2v) is 8.48. The lowest BCUT2D eigenvalue weighted by molar-refractivity contribution is -0.149. The van der Waals surface area contributed by atoms with Crippen LogP contribution in [0.5, 0.6) is 5.75 Å². The molecule has 30 heavy (non-hydrogen) atoms. The molecular formula is C21H24BrNO6S. The highest BCUT2D eigenvalue weighted by molar-refractivity contribution is 9.10. The summed E-state index contributed by atoms with van der Waals surface area (Å²) >= 11 is 4.58. The third-order valence-electron chi connectivity index (χ3n) is 4.12. The molecule has 2 atom stereocenters. The number of methoxy groups -OCH3 is 1. The van der Waals surface area contributed by atoms with Crippen molar-refractivity contribution in [2.75, 3.05) is 13.7 Å². The number of halogens is 1. The summed E-state index contributed by atoms with van der Waals surface area (Å²) in [6.45, 7) is 5.56. The minimum atomic E-state index is -0.585. The number of amides is 1. The molecule has 0 spiro atoms. The summed E-state index contributed by atoms with van der Waals surface area (Å²) < 4.78 is 15.4. The van der Waals surface area contributed by atoms with Gasteiger partial charge in [0, 0.05) is 6.08 Å². The molecule has 1 heterocycles. The van der Waals surface area contributed by atoms with Gasteiger partial charge in [0.2, 0.25) is 5.91 Å². The zero-order valence-corrected chi connectivity index (χ0v) is 19.6. The number of β-lactam (4-membered cyclic amide) rings is 1. The molecule has 0 saturated carbocycles. The van der Waals surface area contributed by atoms with Crippen LogP contribution >= 0.6 is 27.7 Å². The number of carbonyl (C=O) groups is 3. The predicted molar refractivity (Wildman–Crippen MR) is 118 cm³/mol. The lowest BCUT2D eigenvalue weighted by Gasteiger charge is -2.44. The van der Waals surface area contributed by atoms with Crippen molar-refractivity contribution in [2.24, 2.45) is 0 Å². The van der Waals surface area contributed by atoms with Crippen LogP contribution < -0.4 is 4.74 Å². The van der Waals surface area contributed by atoms with Gasteiger partial charge in [-0.2, -0.15) is 0 Å². The molecule has 0 aromatic heterocycles. The van der Waals surface area contributed by atoms with Gasteiger partial charge in [-0.3, -0.25) is 9.69 Å². The molecule has 9 heteroatoms. The molecule has 0 aliphatic carbocycles. The molecule has 0 bridgehead atoms. The number of ether oxygens (including phenoxy) is 3. The Morgan fingerprint density at radius 1 is 1.20 bits per heavy atom. The predicted octanol–water partition coefficient (Wildman–Crippen LogP) is 3.77. The van der Waals surface area contributed by atoms with Crippen molar-refractivity contribution >= 4 is 45.5 Å². The average Bonchev–Trinajstić information content (AvgIpc) is 2.73. The number of hydrogen-bond acceptors (Lipinski definition) is 7. The fourth-order valence-corrected chi connectivity index (χ4v) is 4.41. The van der Waals surface area contributed by atoms with Crippen molar-refractivity contribution in [3.8, 4) is 5.75 Å². The normalized spacial score (nSPS) is 18.0. The monoisotopic (exact) mass is 497 g/mol. The lowest BCUT2D eigenvalue weighted by Crippen LogP contribution is -2.60. The highest BCUT2D eigenvalue weighted by atomic mass is 79.9. The van der Waals surface area contributed by atoms with Crippen LogP contribution in [-0.4, -0.2) is 46.7 Å². The van der Waals surface area contributed by atoms with Gasteiger partial charge in [0.05, 0.1) is 13.7 Å². The van der Waals surface area contributed by atoms with E-state index in [2.05, 4.69) is 15.9 Å². The molecule has 1 amide bonds. The summed E-state index contributed by atoms with van der Waals surface area (Å²) in [6.07, 6.45) is 1.29. The molecule has 1 aromatic rings. The molecular weight excluding hydrogens is 474 g/mol. The van der Waals surface area contributed by atoms with Crippen molar-refractivity contribution in [1.29, 1.82) is 0 Å². The number of nitrogens with zero attached hydrogens (tertiary/aromatic N) is 1. The second-order valence-electron chi connectivity index (χ2n) is 6.46. The SMILES string of the molecule is CCOC(=O)/C=C/SC1C(Br)C(=O)N1C(C(=O)OCc1ccc(OC)cc1)=C(C)C. The zero-order chi connectivity index (χ0) is 22.3. The maximum atomic E-state index is 12.8. The van der Waals surface area contributed by atoms with Crippen LogP contribution in [0.25, 0.3) is 0 Å². The lowest BCUT2D eigenvalue weighted by atomic mass is 10.1. The molecule has 0 N–H and O–H groups in total. The van der Waals surface area contributed by atoms with Crippen molar-refractivity contribution in [1.82, 2.24) is 4.90 Å². The van der Waals surface area contributed by atoms with E-state index in [1.807, 2.05) is 0 Å². The van der Waals surface area contributed by atoms with Crippen LogP contribution in [0.2, 0.25) is 0 Å². The molecule has 1 fully saturated rings. The summed E-state index contributed by atoms with van der Waals surface area (Å²) in [5, 5.41) is 1.17. The van der Waals surface area contributed by atoms with E-state index in [1.54, 1.807) is 57.6 Å². The number of alkyl halides is 1. The molecule has 7 nitrogen and oxygen atoms in total. The van der Waals surface area contributed by atoms with Gasteiger partial charge in [-0.1, -0.05) is 28.1 Å². The van der Waals surface area contributed by atoms with E-state index in [0.717, 1.165) is 5.56 Å². The third-order valence-corrected chi connectivity index (χ3v) is 6.42. The maximum absolute atomic E-state index is 12.8. The van der Waals surface area contributed by atoms with Crippen molar-refractivity contribution in [2.45, 2.75) is 37.6 Å². The summed E-state index contributed by atoms with van der Waals surface area (Å²) in [7, 11) is 1.58. The van der Waals surface area contributed by atoms with E-state index < -0.39 is 16.8 Å². The molecule has 1 aliphatic heterocycles. The smallest absolute Gasteiger partial charge is 0.355 e. The van der Waals surface area contributed by atoms with Crippen LogP contribution in [0.15, 0.2) is 47.0 Å². The minimum Gasteiger partial charge on any atom is -0.497 e. The van der Waals surface area contributed by atoms with E-state index in [9.17, 15) is 14.4 Å². The first-order chi connectivity index (χ1) is 14.3. The first-order valence-electron chi connectivity index (χ1n) is 9.23. The van der Waals surface area contributed by atoms with Crippen molar-refractivity contribution in [3.05, 3.63) is 52.6 Å². The number of thioether (sulfide) groups is 1. The molecule has 1 aromatic carbocycles. The van der Waals surface area contributed by atoms with E-state index in [1.165, 1.54) is 22.7 Å². The summed E-state index contributed by atoms with van der Waals surface area (Å²) in [4.78, 5) is 37.6. The topological polar surface area (TPSA) is 82.1 Å². The molecule has 2 rings (SSSR count). The molecule has 2 unspecified atom stereocenters. The van der Waals surface area contributed by atoms with Crippen LogP contribution in [0.4, 0.5) is 0 Å². The fourth-order valence-electron chi connectivity index (χ4n) is 2.64. The highest BCUT2D eigenvalue weighted by Gasteiger charge is 2.49. The Labute approximate surface area is 188 Å². The average molecular weight is 498 g/mol. The van der Waals surface area contributed by atoms with E-state index in [-0.39, 0.29) is 30.2 Å². The summed E-state index contributed by atoms with van der Waals surface area (Å²) in [6, 6.07) is 7.16. The van der Waals surface area contributed by atoms with Crippen molar-refractivity contribution < 1.29 is 28.6 Å². The Kier molecular flexibility index (Phi) is 8.98. The van der Waals surface area contributed by atoms with Gasteiger partial charge >= 0.3 is 11.9 Å². The van der Waals surface area contributed by atoms with E-state index in [0.29, 0.717) is 11.3 Å². The van der Waals surface area contributed by atoms with Gasteiger partial charge in [0.25, 0.3) is 0 Å². The number of benzene rings is 1. The number of likely N-dealkylation sites (tertiary alicyclic amines) is 1. The number of hydrogen-bond donors (Lipinski definition) is 0. The Hall–Kier alpha value is -2.26. The second kappa shape index (κ2) is 11.2. The number of allylic oxidation sites excluding steroid dienone is 1. The van der Waals surface area contributed by atoms with Crippen LogP contribution in [0, 0.1) is 0 Å². The zero-order valence-electron chi connectivity index (χ0n) is 17.2. The van der Waals surface area contributed by atoms with Gasteiger partial charge in [-0.25, -0.2) is 9.59 Å². The van der Waals surface area contributed by atoms with Gasteiger partial charge in [0.15, 0.2) is 0 Å². The number of esters is 2. The van der Waals surface area contributed by atoms with Gasteiger partial charge < -0.3 is 14.2 Å². The van der Waals surface area contributed by atoms with Gasteiger partial charge in [0.1, 0.15) is 28.3 Å². The maximum Gasteiger partial charge on any atom is 0.355 e. The minimum absolute atomic E-state index is 0.0694. The quantitative estimate of drug-likeness (QED) is 0.222. The Morgan fingerprint density at radius 3 is 2.43 bits per heavy atom. The molecule has 0 radical (unpaired) electrons. The van der Waals surface area contributed by atoms with Crippen LogP contribution in [0.3, 0.4) is 0 Å². The number of carbonyl (C=O) groups excluding carboxylic acids is 3. The summed E-state index contributed by atoms with van der Waals surface area (Å²) in [5.41, 5.74) is 1.66.